The molecule has 1 amide bonds. The van der Waals surface area contributed by atoms with Crippen LogP contribution in [0.25, 0.3) is 0 Å². The summed E-state index contributed by atoms with van der Waals surface area (Å²) in [4.78, 5) is 13.7. The van der Waals surface area contributed by atoms with Crippen LogP contribution in [0, 0.1) is 5.82 Å². The molecular weight excluding hydrogens is 517 g/mol. The van der Waals surface area contributed by atoms with Crippen molar-refractivity contribution in [1.82, 2.24) is 10.2 Å². The fraction of sp³-hybridized carbons (Fsp3) is 0.519. The number of carbonyl (C=O) groups excluding carboxylic acids is 1. The zero-order valence-electron chi connectivity index (χ0n) is 20.9. The van der Waals surface area contributed by atoms with Gasteiger partial charge < -0.3 is 15.0 Å². The molecule has 38 heavy (non-hydrogen) atoms. The van der Waals surface area contributed by atoms with Crippen molar-refractivity contribution in [3.05, 3.63) is 70.5 Å². The van der Waals surface area contributed by atoms with E-state index in [0.29, 0.717) is 44.4 Å². The standard InChI is InChI=1S/C27H29F7N2O2/c1-15(17-11-18(26(29,30)31)13-19(12-17)27(32,33)34)38-23-9-8-22(25(23)16-3-5-20(28)6-4-16)36(2)14-21-7-10-24(37)35-21/h3-6,11-13,15,21-23,25H,7-10,14H2,1-2H3,(H,35,37)/t15-,21-,22-,23+,25-/m1/s1. The van der Waals surface area contributed by atoms with Crippen LogP contribution in [-0.4, -0.2) is 42.6 Å². The van der Waals surface area contributed by atoms with Gasteiger partial charge in [0.25, 0.3) is 0 Å². The van der Waals surface area contributed by atoms with Crippen LogP contribution in [0.3, 0.4) is 0 Å². The Morgan fingerprint density at radius 3 is 2.11 bits per heavy atom. The molecule has 2 aromatic carbocycles. The highest BCUT2D eigenvalue weighted by atomic mass is 19.4. The lowest BCUT2D eigenvalue weighted by atomic mass is 9.91. The first kappa shape index (κ1) is 28.4. The SMILES string of the molecule is C[C@@H](O[C@H]1CC[C@@H](N(C)C[C@H]2CCC(=O)N2)[C@H]1c1ccc(F)cc1)c1cc(C(F)(F)F)cc(C(F)(F)F)c1. The van der Waals surface area contributed by atoms with Crippen LogP contribution in [0.2, 0.25) is 0 Å². The third kappa shape index (κ3) is 6.48. The Labute approximate surface area is 216 Å². The third-order valence-corrected chi connectivity index (χ3v) is 7.43. The number of hydrogen-bond acceptors (Lipinski definition) is 3. The van der Waals surface area contributed by atoms with E-state index in [1.807, 2.05) is 7.05 Å². The Kier molecular flexibility index (Phi) is 8.09. The highest BCUT2D eigenvalue weighted by Gasteiger charge is 2.42. The molecule has 4 rings (SSSR count). The number of ether oxygens (including phenoxy) is 1. The maximum absolute atomic E-state index is 13.7. The molecule has 1 heterocycles. The number of carbonyl (C=O) groups is 1. The molecule has 1 aliphatic carbocycles. The summed E-state index contributed by atoms with van der Waals surface area (Å²) < 4.78 is 100. The zero-order valence-corrected chi connectivity index (χ0v) is 20.9. The van der Waals surface area contributed by atoms with E-state index >= 15 is 0 Å². The van der Waals surface area contributed by atoms with Crippen molar-refractivity contribution in [2.75, 3.05) is 13.6 Å². The predicted molar refractivity (Wildman–Crippen MR) is 126 cm³/mol. The summed E-state index contributed by atoms with van der Waals surface area (Å²) in [6, 6.07) is 7.22. The van der Waals surface area contributed by atoms with Gasteiger partial charge in [0.15, 0.2) is 0 Å². The molecule has 1 N–H and O–H groups in total. The van der Waals surface area contributed by atoms with E-state index in [-0.39, 0.29) is 35.5 Å². The van der Waals surface area contributed by atoms with Gasteiger partial charge in [-0.1, -0.05) is 12.1 Å². The van der Waals surface area contributed by atoms with Gasteiger partial charge in [0, 0.05) is 31.0 Å². The van der Waals surface area contributed by atoms with Gasteiger partial charge in [0.05, 0.1) is 23.3 Å². The van der Waals surface area contributed by atoms with Crippen molar-refractivity contribution < 1.29 is 40.3 Å². The predicted octanol–water partition coefficient (Wildman–Crippen LogP) is 6.47. The summed E-state index contributed by atoms with van der Waals surface area (Å²) >= 11 is 0. The molecule has 208 valence electrons. The number of nitrogens with one attached hydrogen (secondary N) is 1. The minimum Gasteiger partial charge on any atom is -0.370 e. The molecule has 0 radical (unpaired) electrons. The quantitative estimate of drug-likeness (QED) is 0.405. The van der Waals surface area contributed by atoms with Crippen LogP contribution in [0.15, 0.2) is 42.5 Å². The van der Waals surface area contributed by atoms with Crippen molar-refractivity contribution in [1.29, 1.82) is 0 Å². The van der Waals surface area contributed by atoms with E-state index < -0.39 is 41.5 Å². The molecule has 1 saturated heterocycles. The second-order valence-electron chi connectivity index (χ2n) is 10.1. The van der Waals surface area contributed by atoms with Gasteiger partial charge in [-0.15, -0.1) is 0 Å². The van der Waals surface area contributed by atoms with E-state index in [9.17, 15) is 35.5 Å². The zero-order chi connectivity index (χ0) is 27.8. The summed E-state index contributed by atoms with van der Waals surface area (Å²) in [6.07, 6.45) is -9.21. The smallest absolute Gasteiger partial charge is 0.370 e. The van der Waals surface area contributed by atoms with Crippen molar-refractivity contribution in [3.8, 4) is 0 Å². The number of amides is 1. The van der Waals surface area contributed by atoms with Crippen molar-refractivity contribution in [2.45, 2.75) is 75.2 Å². The molecule has 0 aromatic heterocycles. The summed E-state index contributed by atoms with van der Waals surface area (Å²) in [5.74, 6) is -0.757. The highest BCUT2D eigenvalue weighted by Crippen LogP contribution is 2.43. The minimum absolute atomic E-state index is 0.0146. The Morgan fingerprint density at radius 2 is 1.58 bits per heavy atom. The fourth-order valence-electron chi connectivity index (χ4n) is 5.56. The molecule has 2 fully saturated rings. The van der Waals surface area contributed by atoms with Crippen LogP contribution >= 0.6 is 0 Å². The molecular formula is C27H29F7N2O2. The second kappa shape index (κ2) is 10.8. The summed E-state index contributed by atoms with van der Waals surface area (Å²) in [6.45, 7) is 2.00. The van der Waals surface area contributed by atoms with Gasteiger partial charge in [-0.3, -0.25) is 4.79 Å². The topological polar surface area (TPSA) is 41.6 Å². The van der Waals surface area contributed by atoms with Crippen LogP contribution in [0.1, 0.15) is 66.9 Å². The first-order chi connectivity index (χ1) is 17.7. The Bertz CT molecular complexity index is 1100. The van der Waals surface area contributed by atoms with Crippen LogP contribution in [-0.2, 0) is 21.9 Å². The average Bonchev–Trinajstić information content (AvgIpc) is 3.44. The van der Waals surface area contributed by atoms with Gasteiger partial charge in [-0.25, -0.2) is 4.39 Å². The van der Waals surface area contributed by atoms with Crippen LogP contribution < -0.4 is 5.32 Å². The number of nitrogens with zero attached hydrogens (tertiary/aromatic N) is 1. The van der Waals surface area contributed by atoms with E-state index in [4.69, 9.17) is 4.74 Å². The summed E-state index contributed by atoms with van der Waals surface area (Å²) in [5, 5.41) is 2.92. The second-order valence-corrected chi connectivity index (χ2v) is 10.1. The van der Waals surface area contributed by atoms with Crippen molar-refractivity contribution in [3.63, 3.8) is 0 Å². The van der Waals surface area contributed by atoms with Gasteiger partial charge in [0.1, 0.15) is 5.82 Å². The van der Waals surface area contributed by atoms with E-state index in [1.165, 1.54) is 19.1 Å². The van der Waals surface area contributed by atoms with Gasteiger partial charge in [-0.05, 0) is 74.7 Å². The summed E-state index contributed by atoms with van der Waals surface area (Å²) in [5.41, 5.74) is -2.25. The normalized spacial score (nSPS) is 25.2. The number of likely N-dealkylation sites (N-methyl/N-ethyl adjacent to an activating group) is 1. The van der Waals surface area contributed by atoms with Crippen molar-refractivity contribution >= 4 is 5.91 Å². The maximum atomic E-state index is 13.7. The molecule has 2 aromatic rings. The van der Waals surface area contributed by atoms with Gasteiger partial charge in [-0.2, -0.15) is 26.3 Å². The number of halogens is 7. The average molecular weight is 547 g/mol. The molecule has 0 unspecified atom stereocenters. The molecule has 0 spiro atoms. The first-order valence-electron chi connectivity index (χ1n) is 12.4. The third-order valence-electron chi connectivity index (χ3n) is 7.43. The Hall–Kier alpha value is -2.66. The maximum Gasteiger partial charge on any atom is 0.416 e. The molecule has 0 bridgehead atoms. The Morgan fingerprint density at radius 1 is 0.974 bits per heavy atom. The highest BCUT2D eigenvalue weighted by molar-refractivity contribution is 5.78. The number of hydrogen-bond donors (Lipinski definition) is 1. The molecule has 2 aliphatic rings. The largest absolute Gasteiger partial charge is 0.416 e. The fourth-order valence-corrected chi connectivity index (χ4v) is 5.56. The number of benzene rings is 2. The van der Waals surface area contributed by atoms with Gasteiger partial charge >= 0.3 is 12.4 Å². The van der Waals surface area contributed by atoms with E-state index in [1.54, 1.807) is 12.1 Å². The van der Waals surface area contributed by atoms with Crippen LogP contribution in [0.5, 0.6) is 0 Å². The van der Waals surface area contributed by atoms with Gasteiger partial charge in [0.2, 0.25) is 5.91 Å². The van der Waals surface area contributed by atoms with Crippen molar-refractivity contribution in [2.24, 2.45) is 0 Å². The lowest BCUT2D eigenvalue weighted by Crippen LogP contribution is -2.43. The molecule has 5 atom stereocenters. The number of alkyl halides is 6. The molecule has 1 aliphatic heterocycles. The van der Waals surface area contributed by atoms with Crippen LogP contribution in [0.4, 0.5) is 30.7 Å². The minimum atomic E-state index is -4.96. The van der Waals surface area contributed by atoms with E-state index in [2.05, 4.69) is 10.2 Å². The molecule has 4 nitrogen and oxygen atoms in total. The lowest BCUT2D eigenvalue weighted by molar-refractivity contribution is -0.143. The Balaban J connectivity index is 1.60. The lowest BCUT2D eigenvalue weighted by Gasteiger charge is -2.34. The summed E-state index contributed by atoms with van der Waals surface area (Å²) in [7, 11) is 1.90. The van der Waals surface area contributed by atoms with E-state index in [0.717, 1.165) is 5.56 Å². The molecule has 1 saturated carbocycles. The first-order valence-corrected chi connectivity index (χ1v) is 12.4. The monoisotopic (exact) mass is 546 g/mol. The number of rotatable bonds is 7. The molecule has 11 heteroatoms.